The number of aliphatic imine (C=N–C) groups is 1. The molecule has 1 amide bonds. The Morgan fingerprint density at radius 1 is 1.20 bits per heavy atom. The van der Waals surface area contributed by atoms with Crippen LogP contribution in [0.5, 0.6) is 0 Å². The van der Waals surface area contributed by atoms with Gasteiger partial charge in [0.05, 0.1) is 5.57 Å². The van der Waals surface area contributed by atoms with Crippen molar-refractivity contribution >= 4 is 39.8 Å². The Labute approximate surface area is 180 Å². The first kappa shape index (κ1) is 20.3. The number of hydrazone groups is 1. The second-order valence-corrected chi connectivity index (χ2v) is 9.10. The maximum Gasteiger partial charge on any atom is 0.283 e. The molecule has 1 aromatic heterocycles. The summed E-state index contributed by atoms with van der Waals surface area (Å²) >= 11 is 1.38. The van der Waals surface area contributed by atoms with Crippen LogP contribution in [0.4, 0.5) is 0 Å². The van der Waals surface area contributed by atoms with E-state index in [1.165, 1.54) is 22.3 Å². The first-order chi connectivity index (χ1) is 14.3. The molecule has 0 aliphatic carbocycles. The number of hydrogen-bond donors (Lipinski definition) is 1. The van der Waals surface area contributed by atoms with Crippen LogP contribution in [0.2, 0.25) is 0 Å². The molecule has 0 saturated carbocycles. The Balaban J connectivity index is 1.72. The zero-order valence-corrected chi connectivity index (χ0v) is 18.7. The summed E-state index contributed by atoms with van der Waals surface area (Å²) in [5.41, 5.74) is 5.54. The third-order valence-electron chi connectivity index (χ3n) is 5.21. The number of thioether (sulfide) groups is 1. The van der Waals surface area contributed by atoms with Crippen LogP contribution in [0.15, 0.2) is 46.0 Å². The Morgan fingerprint density at radius 3 is 2.63 bits per heavy atom. The SMILES string of the molecule is Cc1ccccc1-n1c(C)cc(C=C2C(=N)N3N=C(CC(C)C)SC3=NC2=O)c1C. The molecule has 0 bridgehead atoms. The zero-order valence-electron chi connectivity index (χ0n) is 17.9. The number of para-hydroxylation sites is 1. The van der Waals surface area contributed by atoms with Gasteiger partial charge in [0.25, 0.3) is 5.91 Å². The van der Waals surface area contributed by atoms with E-state index in [0.717, 1.165) is 34.1 Å². The van der Waals surface area contributed by atoms with Crippen molar-refractivity contribution < 1.29 is 4.79 Å². The maximum atomic E-state index is 12.7. The van der Waals surface area contributed by atoms with Crippen LogP contribution < -0.4 is 0 Å². The number of nitrogens with one attached hydrogen (secondary N) is 1. The molecular weight excluding hydrogens is 394 g/mol. The van der Waals surface area contributed by atoms with Crippen molar-refractivity contribution in [3.05, 3.63) is 58.4 Å². The van der Waals surface area contributed by atoms with Crippen LogP contribution in [0, 0.1) is 32.1 Å². The lowest BCUT2D eigenvalue weighted by molar-refractivity contribution is -0.114. The van der Waals surface area contributed by atoms with E-state index in [1.807, 2.05) is 32.0 Å². The highest BCUT2D eigenvalue weighted by molar-refractivity contribution is 8.26. The minimum Gasteiger partial charge on any atom is -0.318 e. The number of aromatic nitrogens is 1. The molecular formula is C23H25N5OS. The smallest absolute Gasteiger partial charge is 0.283 e. The van der Waals surface area contributed by atoms with Gasteiger partial charge in [0.15, 0.2) is 5.84 Å². The number of carbonyl (C=O) groups excluding carboxylic acids is 1. The summed E-state index contributed by atoms with van der Waals surface area (Å²) in [6, 6.07) is 10.3. The van der Waals surface area contributed by atoms with Gasteiger partial charge in [-0.25, -0.2) is 0 Å². The number of carbonyl (C=O) groups is 1. The van der Waals surface area contributed by atoms with Crippen LogP contribution in [-0.2, 0) is 4.79 Å². The monoisotopic (exact) mass is 419 g/mol. The topological polar surface area (TPSA) is 73.8 Å². The van der Waals surface area contributed by atoms with Crippen molar-refractivity contribution in [3.63, 3.8) is 0 Å². The normalized spacial score (nSPS) is 17.7. The first-order valence-corrected chi connectivity index (χ1v) is 10.8. The zero-order chi connectivity index (χ0) is 21.6. The molecule has 0 radical (unpaired) electrons. The number of rotatable bonds is 4. The fourth-order valence-electron chi connectivity index (χ4n) is 3.74. The van der Waals surface area contributed by atoms with Crippen LogP contribution in [-0.4, -0.2) is 31.5 Å². The molecule has 0 fully saturated rings. The molecule has 7 heteroatoms. The van der Waals surface area contributed by atoms with E-state index < -0.39 is 0 Å². The lowest BCUT2D eigenvalue weighted by atomic mass is 10.1. The summed E-state index contributed by atoms with van der Waals surface area (Å²) in [6.07, 6.45) is 2.57. The fourth-order valence-corrected chi connectivity index (χ4v) is 4.83. The van der Waals surface area contributed by atoms with E-state index >= 15 is 0 Å². The molecule has 2 aliphatic heterocycles. The molecule has 2 aliphatic rings. The third kappa shape index (κ3) is 3.54. The molecule has 1 aromatic carbocycles. The van der Waals surface area contributed by atoms with Gasteiger partial charge in [-0.1, -0.05) is 32.0 Å². The van der Waals surface area contributed by atoms with Gasteiger partial charge in [0.1, 0.15) is 5.04 Å². The largest absolute Gasteiger partial charge is 0.318 e. The highest BCUT2D eigenvalue weighted by Gasteiger charge is 2.35. The Hall–Kier alpha value is -2.93. The molecule has 4 rings (SSSR count). The predicted octanol–water partition coefficient (Wildman–Crippen LogP) is 5.07. The van der Waals surface area contributed by atoms with E-state index in [4.69, 9.17) is 5.41 Å². The standard InChI is InChI=1S/C23H25N5OS/c1-13(2)10-20-26-28-21(24)18(22(29)25-23(28)30-20)12-17-11-15(4)27(16(17)5)19-9-7-6-8-14(19)3/h6-9,11-13,24H,10H2,1-5H3. The number of benzene rings is 1. The van der Waals surface area contributed by atoms with E-state index in [9.17, 15) is 4.79 Å². The Kier molecular flexibility index (Phi) is 5.24. The van der Waals surface area contributed by atoms with Gasteiger partial charge in [0, 0.05) is 23.5 Å². The molecule has 0 saturated heterocycles. The minimum absolute atomic E-state index is 0.0805. The Morgan fingerprint density at radius 2 is 1.93 bits per heavy atom. The number of amidine groups is 2. The van der Waals surface area contributed by atoms with Gasteiger partial charge < -0.3 is 4.57 Å². The number of amides is 1. The van der Waals surface area contributed by atoms with Crippen LogP contribution in [0.25, 0.3) is 11.8 Å². The quantitative estimate of drug-likeness (QED) is 0.703. The second-order valence-electron chi connectivity index (χ2n) is 8.06. The summed E-state index contributed by atoms with van der Waals surface area (Å²) in [5.74, 6) is 0.141. The molecule has 3 heterocycles. The van der Waals surface area contributed by atoms with Crippen molar-refractivity contribution in [3.8, 4) is 5.69 Å². The molecule has 30 heavy (non-hydrogen) atoms. The molecule has 2 aromatic rings. The van der Waals surface area contributed by atoms with Crippen LogP contribution in [0.1, 0.15) is 42.8 Å². The third-order valence-corrected chi connectivity index (χ3v) is 6.14. The maximum absolute atomic E-state index is 12.7. The molecule has 6 nitrogen and oxygen atoms in total. The van der Waals surface area contributed by atoms with Crippen LogP contribution in [0.3, 0.4) is 0 Å². The lowest BCUT2D eigenvalue weighted by Gasteiger charge is -2.20. The molecule has 154 valence electrons. The lowest BCUT2D eigenvalue weighted by Crippen LogP contribution is -2.35. The number of nitrogens with zero attached hydrogens (tertiary/aromatic N) is 4. The molecule has 1 N–H and O–H groups in total. The minimum atomic E-state index is -0.388. The average molecular weight is 420 g/mol. The summed E-state index contributed by atoms with van der Waals surface area (Å²) < 4.78 is 2.18. The van der Waals surface area contributed by atoms with Gasteiger partial charge in [-0.05, 0) is 67.8 Å². The van der Waals surface area contributed by atoms with E-state index in [0.29, 0.717) is 11.1 Å². The van der Waals surface area contributed by atoms with Crippen molar-refractivity contribution in [2.75, 3.05) is 0 Å². The second kappa shape index (κ2) is 7.72. The Bertz CT molecular complexity index is 1150. The summed E-state index contributed by atoms with van der Waals surface area (Å²) in [7, 11) is 0. The summed E-state index contributed by atoms with van der Waals surface area (Å²) in [5, 5.41) is 16.0. The van der Waals surface area contributed by atoms with Gasteiger partial charge in [-0.2, -0.15) is 15.1 Å². The van der Waals surface area contributed by atoms with E-state index in [1.54, 1.807) is 6.08 Å². The number of aryl methyl sites for hydroxylation is 2. The highest BCUT2D eigenvalue weighted by atomic mass is 32.2. The average Bonchev–Trinajstić information content (AvgIpc) is 3.19. The van der Waals surface area contributed by atoms with Gasteiger partial charge in [-0.3, -0.25) is 10.2 Å². The van der Waals surface area contributed by atoms with Gasteiger partial charge in [-0.15, -0.1) is 0 Å². The molecule has 0 unspecified atom stereocenters. The van der Waals surface area contributed by atoms with E-state index in [2.05, 4.69) is 47.6 Å². The van der Waals surface area contributed by atoms with Gasteiger partial charge >= 0.3 is 0 Å². The number of hydrogen-bond acceptors (Lipinski definition) is 4. The number of fused-ring (bicyclic) bond motifs is 1. The van der Waals surface area contributed by atoms with Crippen molar-refractivity contribution in [1.82, 2.24) is 9.58 Å². The van der Waals surface area contributed by atoms with Crippen molar-refractivity contribution in [2.45, 2.75) is 41.0 Å². The van der Waals surface area contributed by atoms with E-state index in [-0.39, 0.29) is 17.3 Å². The van der Waals surface area contributed by atoms with Gasteiger partial charge in [0.2, 0.25) is 5.17 Å². The van der Waals surface area contributed by atoms with Crippen LogP contribution >= 0.6 is 11.8 Å². The predicted molar refractivity (Wildman–Crippen MR) is 124 cm³/mol. The van der Waals surface area contributed by atoms with Crippen molar-refractivity contribution in [2.24, 2.45) is 16.0 Å². The van der Waals surface area contributed by atoms with Crippen molar-refractivity contribution in [1.29, 1.82) is 5.41 Å². The summed E-state index contributed by atoms with van der Waals surface area (Å²) in [4.78, 5) is 16.9. The molecule has 0 spiro atoms. The summed E-state index contributed by atoms with van der Waals surface area (Å²) in [6.45, 7) is 10.4. The molecule has 0 atom stereocenters. The highest BCUT2D eigenvalue weighted by Crippen LogP contribution is 2.31. The first-order valence-electron chi connectivity index (χ1n) is 10.00. The fraction of sp³-hybridized carbons (Fsp3) is 0.304.